The van der Waals surface area contributed by atoms with E-state index in [0.29, 0.717) is 12.0 Å². The molecule has 1 unspecified atom stereocenters. The molecule has 1 aromatic rings. The van der Waals surface area contributed by atoms with E-state index in [1.807, 2.05) is 6.07 Å². The molecule has 0 aromatic heterocycles. The van der Waals surface area contributed by atoms with Crippen molar-refractivity contribution < 1.29 is 0 Å². The molecular formula is C16H27N3. The molecule has 19 heavy (non-hydrogen) atoms. The van der Waals surface area contributed by atoms with Crippen molar-refractivity contribution in [3.05, 3.63) is 35.9 Å². The molecule has 0 fully saturated rings. The maximum Gasteiger partial charge on any atom is 0.188 e. The van der Waals surface area contributed by atoms with Gasteiger partial charge < -0.3 is 11.1 Å². The van der Waals surface area contributed by atoms with Crippen molar-refractivity contribution >= 4 is 5.96 Å². The SMILES string of the molecule is CCC(C)NC(N)=NCC(C)(C)Cc1ccccc1. The van der Waals surface area contributed by atoms with Gasteiger partial charge in [-0.15, -0.1) is 0 Å². The van der Waals surface area contributed by atoms with Gasteiger partial charge in [0.1, 0.15) is 0 Å². The Hall–Kier alpha value is -1.51. The minimum absolute atomic E-state index is 0.114. The highest BCUT2D eigenvalue weighted by atomic mass is 15.1. The molecule has 0 aliphatic heterocycles. The summed E-state index contributed by atoms with van der Waals surface area (Å²) in [5.74, 6) is 0.551. The van der Waals surface area contributed by atoms with E-state index in [4.69, 9.17) is 5.73 Å². The zero-order valence-corrected chi connectivity index (χ0v) is 12.6. The second-order valence-corrected chi connectivity index (χ2v) is 5.98. The first kappa shape index (κ1) is 15.5. The number of hydrogen-bond donors (Lipinski definition) is 2. The van der Waals surface area contributed by atoms with Crippen molar-refractivity contribution in [2.75, 3.05) is 6.54 Å². The predicted molar refractivity (Wildman–Crippen MR) is 83.3 cm³/mol. The lowest BCUT2D eigenvalue weighted by Gasteiger charge is -2.23. The molecule has 0 heterocycles. The Morgan fingerprint density at radius 3 is 2.53 bits per heavy atom. The van der Waals surface area contributed by atoms with Crippen molar-refractivity contribution in [3.63, 3.8) is 0 Å². The van der Waals surface area contributed by atoms with Crippen molar-refractivity contribution in [2.45, 2.75) is 46.6 Å². The summed E-state index contributed by atoms with van der Waals surface area (Å²) in [5.41, 5.74) is 7.35. The standard InChI is InChI=1S/C16H27N3/c1-5-13(2)19-15(17)18-12-16(3,4)11-14-9-7-6-8-10-14/h6-10,13H,5,11-12H2,1-4H3,(H3,17,18,19). The maximum absolute atomic E-state index is 5.89. The highest BCUT2D eigenvalue weighted by Gasteiger charge is 2.18. The summed E-state index contributed by atoms with van der Waals surface area (Å²) in [4.78, 5) is 4.46. The highest BCUT2D eigenvalue weighted by Crippen LogP contribution is 2.21. The Bertz CT molecular complexity index is 396. The van der Waals surface area contributed by atoms with Gasteiger partial charge in [-0.3, -0.25) is 4.99 Å². The van der Waals surface area contributed by atoms with Crippen LogP contribution in [0.25, 0.3) is 0 Å². The lowest BCUT2D eigenvalue weighted by Crippen LogP contribution is -2.38. The molecule has 0 aliphatic rings. The fourth-order valence-corrected chi connectivity index (χ4v) is 1.90. The normalized spacial score (nSPS) is 14.2. The van der Waals surface area contributed by atoms with E-state index < -0.39 is 0 Å². The number of benzene rings is 1. The van der Waals surface area contributed by atoms with Crippen LogP contribution in [-0.2, 0) is 6.42 Å². The number of nitrogens with zero attached hydrogens (tertiary/aromatic N) is 1. The third kappa shape index (κ3) is 6.27. The van der Waals surface area contributed by atoms with Gasteiger partial charge in [0.25, 0.3) is 0 Å². The number of aliphatic imine (C=N–C) groups is 1. The van der Waals surface area contributed by atoms with E-state index in [1.165, 1.54) is 5.56 Å². The monoisotopic (exact) mass is 261 g/mol. The molecule has 0 radical (unpaired) electrons. The van der Waals surface area contributed by atoms with E-state index in [1.54, 1.807) is 0 Å². The first-order valence-corrected chi connectivity index (χ1v) is 7.03. The van der Waals surface area contributed by atoms with Crippen molar-refractivity contribution in [2.24, 2.45) is 16.1 Å². The molecule has 3 heteroatoms. The van der Waals surface area contributed by atoms with E-state index in [2.05, 4.69) is 62.3 Å². The molecule has 0 aliphatic carbocycles. The number of nitrogens with one attached hydrogen (secondary N) is 1. The number of guanidine groups is 1. The summed E-state index contributed by atoms with van der Waals surface area (Å²) in [5, 5.41) is 3.19. The fourth-order valence-electron chi connectivity index (χ4n) is 1.90. The van der Waals surface area contributed by atoms with Crippen LogP contribution in [0.3, 0.4) is 0 Å². The molecule has 106 valence electrons. The summed E-state index contributed by atoms with van der Waals surface area (Å²) in [6.07, 6.45) is 2.05. The average Bonchev–Trinajstić information content (AvgIpc) is 2.37. The molecule has 1 rings (SSSR count). The Morgan fingerprint density at radius 2 is 1.95 bits per heavy atom. The van der Waals surface area contributed by atoms with Gasteiger partial charge in [-0.1, -0.05) is 51.1 Å². The van der Waals surface area contributed by atoms with Gasteiger partial charge in [-0.25, -0.2) is 0 Å². The minimum atomic E-state index is 0.114. The van der Waals surface area contributed by atoms with E-state index in [0.717, 1.165) is 19.4 Å². The molecule has 0 spiro atoms. The number of nitrogens with two attached hydrogens (primary N) is 1. The van der Waals surface area contributed by atoms with Gasteiger partial charge in [0.2, 0.25) is 0 Å². The summed E-state index contributed by atoms with van der Waals surface area (Å²) < 4.78 is 0. The van der Waals surface area contributed by atoms with E-state index in [9.17, 15) is 0 Å². The third-order valence-electron chi connectivity index (χ3n) is 3.21. The Kier molecular flexibility index (Phi) is 5.87. The molecule has 3 N–H and O–H groups in total. The van der Waals surface area contributed by atoms with Gasteiger partial charge in [-0.05, 0) is 30.7 Å². The summed E-state index contributed by atoms with van der Waals surface area (Å²) >= 11 is 0. The van der Waals surface area contributed by atoms with Crippen LogP contribution in [0, 0.1) is 5.41 Å². The average molecular weight is 261 g/mol. The maximum atomic E-state index is 5.89. The molecule has 1 atom stereocenters. The summed E-state index contributed by atoms with van der Waals surface area (Å²) in [7, 11) is 0. The van der Waals surface area contributed by atoms with Gasteiger partial charge in [0, 0.05) is 12.6 Å². The lowest BCUT2D eigenvalue weighted by molar-refractivity contribution is 0.377. The van der Waals surface area contributed by atoms with Crippen LogP contribution in [0.4, 0.5) is 0 Å². The Balaban J connectivity index is 2.52. The first-order valence-electron chi connectivity index (χ1n) is 7.03. The Labute approximate surface area is 117 Å². The smallest absolute Gasteiger partial charge is 0.188 e. The van der Waals surface area contributed by atoms with Crippen LogP contribution in [0.1, 0.15) is 39.7 Å². The van der Waals surface area contributed by atoms with Crippen LogP contribution < -0.4 is 11.1 Å². The van der Waals surface area contributed by atoms with Crippen LogP contribution in [0.2, 0.25) is 0 Å². The predicted octanol–water partition coefficient (Wildman–Crippen LogP) is 2.96. The van der Waals surface area contributed by atoms with Crippen LogP contribution in [0.5, 0.6) is 0 Å². The second-order valence-electron chi connectivity index (χ2n) is 5.98. The number of hydrogen-bond acceptors (Lipinski definition) is 1. The van der Waals surface area contributed by atoms with Crippen molar-refractivity contribution in [3.8, 4) is 0 Å². The van der Waals surface area contributed by atoms with Gasteiger partial charge in [-0.2, -0.15) is 0 Å². The van der Waals surface area contributed by atoms with Crippen LogP contribution >= 0.6 is 0 Å². The lowest BCUT2D eigenvalue weighted by atomic mass is 9.86. The van der Waals surface area contributed by atoms with Crippen LogP contribution in [-0.4, -0.2) is 18.5 Å². The molecule has 0 saturated carbocycles. The summed E-state index contributed by atoms with van der Waals surface area (Å²) in [6, 6.07) is 10.9. The van der Waals surface area contributed by atoms with Crippen molar-refractivity contribution in [1.29, 1.82) is 0 Å². The van der Waals surface area contributed by atoms with Gasteiger partial charge >= 0.3 is 0 Å². The molecule has 0 bridgehead atoms. The quantitative estimate of drug-likeness (QED) is 0.611. The molecule has 1 aromatic carbocycles. The zero-order valence-electron chi connectivity index (χ0n) is 12.6. The molecular weight excluding hydrogens is 234 g/mol. The molecule has 3 nitrogen and oxygen atoms in total. The van der Waals surface area contributed by atoms with Crippen molar-refractivity contribution in [1.82, 2.24) is 5.32 Å². The Morgan fingerprint density at radius 1 is 1.32 bits per heavy atom. The fraction of sp³-hybridized carbons (Fsp3) is 0.562. The third-order valence-corrected chi connectivity index (χ3v) is 3.21. The van der Waals surface area contributed by atoms with E-state index >= 15 is 0 Å². The second kappa shape index (κ2) is 7.17. The topological polar surface area (TPSA) is 50.4 Å². The van der Waals surface area contributed by atoms with Crippen LogP contribution in [0.15, 0.2) is 35.3 Å². The van der Waals surface area contributed by atoms with E-state index in [-0.39, 0.29) is 5.41 Å². The molecule has 0 saturated heterocycles. The summed E-state index contributed by atoms with van der Waals surface area (Å²) in [6.45, 7) is 9.42. The largest absolute Gasteiger partial charge is 0.370 e. The van der Waals surface area contributed by atoms with Gasteiger partial charge in [0.15, 0.2) is 5.96 Å². The minimum Gasteiger partial charge on any atom is -0.370 e. The highest BCUT2D eigenvalue weighted by molar-refractivity contribution is 5.78. The van der Waals surface area contributed by atoms with Gasteiger partial charge in [0.05, 0.1) is 0 Å². The number of rotatable bonds is 6. The first-order chi connectivity index (χ1) is 8.93. The zero-order chi connectivity index (χ0) is 14.3. The molecule has 0 amide bonds.